The molecule has 0 aliphatic rings. The van der Waals surface area contributed by atoms with Gasteiger partial charge < -0.3 is 0 Å². The molecule has 2 aromatic rings. The molecule has 0 aliphatic carbocycles. The van der Waals surface area contributed by atoms with Gasteiger partial charge in [-0.3, -0.25) is 4.98 Å². The van der Waals surface area contributed by atoms with Crippen molar-refractivity contribution in [2.75, 3.05) is 0 Å². The zero-order valence-electron chi connectivity index (χ0n) is 10.1. The molecule has 0 N–H and O–H groups in total. The van der Waals surface area contributed by atoms with Crippen molar-refractivity contribution in [1.82, 2.24) is 4.98 Å². The number of rotatable bonds is 2. The van der Waals surface area contributed by atoms with E-state index in [2.05, 4.69) is 56.1 Å². The maximum atomic E-state index is 4.45. The third-order valence-electron chi connectivity index (χ3n) is 2.84. The molecule has 16 heavy (non-hydrogen) atoms. The summed E-state index contributed by atoms with van der Waals surface area (Å²) in [4.78, 5) is 4.45. The predicted octanol–water partition coefficient (Wildman–Crippen LogP) is 4.18. The van der Waals surface area contributed by atoms with E-state index in [9.17, 15) is 0 Å². The monoisotopic (exact) mass is 211 g/mol. The first-order valence-corrected chi connectivity index (χ1v) is 5.70. The average Bonchev–Trinajstić information content (AvgIpc) is 2.30. The summed E-state index contributed by atoms with van der Waals surface area (Å²) in [5.41, 5.74) is 4.89. The first-order chi connectivity index (χ1) is 7.68. The molecule has 2 rings (SSSR count). The predicted molar refractivity (Wildman–Crippen MR) is 68.5 cm³/mol. The topological polar surface area (TPSA) is 12.9 Å². The molecule has 0 atom stereocenters. The van der Waals surface area contributed by atoms with Crippen LogP contribution in [0.1, 0.15) is 30.9 Å². The van der Waals surface area contributed by atoms with Gasteiger partial charge in [0.05, 0.1) is 5.69 Å². The highest BCUT2D eigenvalue weighted by molar-refractivity contribution is 5.63. The minimum absolute atomic E-state index is 0.559. The minimum atomic E-state index is 0.559. The standard InChI is InChI=1S/C15H17N/c1-11(2)13-7-4-8-14(10-13)15-12(3)6-5-9-16-15/h4-11H,1-3H3. The highest BCUT2D eigenvalue weighted by Crippen LogP contribution is 2.24. The van der Waals surface area contributed by atoms with Gasteiger partial charge in [-0.2, -0.15) is 0 Å². The Bertz CT molecular complexity index is 486. The lowest BCUT2D eigenvalue weighted by molar-refractivity contribution is 0.867. The molecular weight excluding hydrogens is 194 g/mol. The molecule has 82 valence electrons. The van der Waals surface area contributed by atoms with Crippen molar-refractivity contribution in [2.24, 2.45) is 0 Å². The summed E-state index contributed by atoms with van der Waals surface area (Å²) in [7, 11) is 0. The summed E-state index contributed by atoms with van der Waals surface area (Å²) >= 11 is 0. The Balaban J connectivity index is 2.49. The first-order valence-electron chi connectivity index (χ1n) is 5.70. The molecule has 1 heteroatoms. The van der Waals surface area contributed by atoms with Crippen LogP contribution in [0.2, 0.25) is 0 Å². The molecule has 0 radical (unpaired) electrons. The highest BCUT2D eigenvalue weighted by atomic mass is 14.7. The molecule has 1 aromatic carbocycles. The third-order valence-corrected chi connectivity index (χ3v) is 2.84. The second-order valence-electron chi connectivity index (χ2n) is 4.45. The lowest BCUT2D eigenvalue weighted by Gasteiger charge is -2.09. The molecule has 1 heterocycles. The van der Waals surface area contributed by atoms with Crippen molar-refractivity contribution >= 4 is 0 Å². The zero-order valence-corrected chi connectivity index (χ0v) is 10.1. The first kappa shape index (κ1) is 10.9. The van der Waals surface area contributed by atoms with E-state index in [1.165, 1.54) is 16.7 Å². The van der Waals surface area contributed by atoms with Crippen molar-refractivity contribution < 1.29 is 0 Å². The van der Waals surface area contributed by atoms with Gasteiger partial charge in [-0.1, -0.05) is 38.1 Å². The quantitative estimate of drug-likeness (QED) is 0.726. The van der Waals surface area contributed by atoms with Crippen LogP contribution < -0.4 is 0 Å². The van der Waals surface area contributed by atoms with E-state index < -0.39 is 0 Å². The van der Waals surface area contributed by atoms with Gasteiger partial charge in [0.25, 0.3) is 0 Å². The van der Waals surface area contributed by atoms with E-state index in [1.807, 2.05) is 12.3 Å². The van der Waals surface area contributed by atoms with Crippen molar-refractivity contribution in [3.05, 3.63) is 53.7 Å². The summed E-state index contributed by atoms with van der Waals surface area (Å²) in [5.74, 6) is 0.559. The highest BCUT2D eigenvalue weighted by Gasteiger charge is 2.05. The Labute approximate surface area is 97.2 Å². The van der Waals surface area contributed by atoms with Crippen molar-refractivity contribution in [1.29, 1.82) is 0 Å². The fourth-order valence-corrected chi connectivity index (χ4v) is 1.83. The largest absolute Gasteiger partial charge is 0.256 e. The number of aromatic nitrogens is 1. The lowest BCUT2D eigenvalue weighted by Crippen LogP contribution is -1.91. The Kier molecular flexibility index (Phi) is 3.04. The number of aryl methyl sites for hydroxylation is 1. The fraction of sp³-hybridized carbons (Fsp3) is 0.267. The van der Waals surface area contributed by atoms with Crippen LogP contribution in [0.15, 0.2) is 42.6 Å². The van der Waals surface area contributed by atoms with E-state index in [0.29, 0.717) is 5.92 Å². The Morgan fingerprint density at radius 1 is 1.06 bits per heavy atom. The molecule has 0 saturated heterocycles. The second kappa shape index (κ2) is 4.48. The van der Waals surface area contributed by atoms with Crippen LogP contribution >= 0.6 is 0 Å². The van der Waals surface area contributed by atoms with Crippen LogP contribution in [0, 0.1) is 6.92 Å². The zero-order chi connectivity index (χ0) is 11.5. The number of hydrogen-bond acceptors (Lipinski definition) is 1. The number of nitrogens with zero attached hydrogens (tertiary/aromatic N) is 1. The molecule has 0 amide bonds. The summed E-state index contributed by atoms with van der Waals surface area (Å²) < 4.78 is 0. The molecular formula is C15H17N. The maximum absolute atomic E-state index is 4.45. The van der Waals surface area contributed by atoms with Crippen LogP contribution in [0.3, 0.4) is 0 Å². The van der Waals surface area contributed by atoms with Crippen molar-refractivity contribution in [3.63, 3.8) is 0 Å². The van der Waals surface area contributed by atoms with Gasteiger partial charge in [0.15, 0.2) is 0 Å². The van der Waals surface area contributed by atoms with E-state index in [-0.39, 0.29) is 0 Å². The van der Waals surface area contributed by atoms with Gasteiger partial charge in [0.1, 0.15) is 0 Å². The smallest absolute Gasteiger partial charge is 0.0731 e. The fourth-order valence-electron chi connectivity index (χ4n) is 1.83. The van der Waals surface area contributed by atoms with Gasteiger partial charge in [0.2, 0.25) is 0 Å². The second-order valence-corrected chi connectivity index (χ2v) is 4.45. The lowest BCUT2D eigenvalue weighted by atomic mass is 9.98. The van der Waals surface area contributed by atoms with E-state index in [1.54, 1.807) is 0 Å². The molecule has 0 spiro atoms. The summed E-state index contributed by atoms with van der Waals surface area (Å²) in [6, 6.07) is 12.7. The molecule has 0 unspecified atom stereocenters. The minimum Gasteiger partial charge on any atom is -0.256 e. The number of benzene rings is 1. The molecule has 0 fully saturated rings. The van der Waals surface area contributed by atoms with E-state index in [0.717, 1.165) is 5.69 Å². The van der Waals surface area contributed by atoms with Crippen LogP contribution in [-0.4, -0.2) is 4.98 Å². The van der Waals surface area contributed by atoms with Crippen molar-refractivity contribution in [3.8, 4) is 11.3 Å². The van der Waals surface area contributed by atoms with Crippen LogP contribution in [-0.2, 0) is 0 Å². The summed E-state index contributed by atoms with van der Waals surface area (Å²) in [5, 5.41) is 0. The van der Waals surface area contributed by atoms with Crippen LogP contribution in [0.4, 0.5) is 0 Å². The van der Waals surface area contributed by atoms with E-state index in [4.69, 9.17) is 0 Å². The van der Waals surface area contributed by atoms with Gasteiger partial charge in [0, 0.05) is 11.8 Å². The van der Waals surface area contributed by atoms with Gasteiger partial charge in [-0.25, -0.2) is 0 Å². The Morgan fingerprint density at radius 3 is 2.56 bits per heavy atom. The van der Waals surface area contributed by atoms with E-state index >= 15 is 0 Å². The van der Waals surface area contributed by atoms with Gasteiger partial charge >= 0.3 is 0 Å². The average molecular weight is 211 g/mol. The number of hydrogen-bond donors (Lipinski definition) is 0. The third kappa shape index (κ3) is 2.13. The number of pyridine rings is 1. The molecule has 1 aromatic heterocycles. The summed E-state index contributed by atoms with van der Waals surface area (Å²) in [6.45, 7) is 6.53. The molecule has 0 saturated carbocycles. The van der Waals surface area contributed by atoms with Crippen LogP contribution in [0.25, 0.3) is 11.3 Å². The molecule has 0 bridgehead atoms. The Hall–Kier alpha value is -1.63. The SMILES string of the molecule is Cc1cccnc1-c1cccc(C(C)C)c1. The Morgan fingerprint density at radius 2 is 1.88 bits per heavy atom. The van der Waals surface area contributed by atoms with Gasteiger partial charge in [-0.05, 0) is 36.1 Å². The molecule has 0 aliphatic heterocycles. The normalized spacial score (nSPS) is 10.8. The van der Waals surface area contributed by atoms with Crippen LogP contribution in [0.5, 0.6) is 0 Å². The van der Waals surface area contributed by atoms with Gasteiger partial charge in [-0.15, -0.1) is 0 Å². The maximum Gasteiger partial charge on any atom is 0.0731 e. The van der Waals surface area contributed by atoms with Crippen molar-refractivity contribution in [2.45, 2.75) is 26.7 Å². The summed E-state index contributed by atoms with van der Waals surface area (Å²) in [6.07, 6.45) is 1.85. The molecule has 1 nitrogen and oxygen atoms in total.